The lowest BCUT2D eigenvalue weighted by molar-refractivity contribution is -0.169. The molecule has 2 rings (SSSR count). The lowest BCUT2D eigenvalue weighted by Gasteiger charge is -2.27. The van der Waals surface area contributed by atoms with Crippen molar-refractivity contribution in [2.24, 2.45) is 5.73 Å². The van der Waals surface area contributed by atoms with E-state index in [1.807, 2.05) is 0 Å². The molecule has 2 N–H and O–H groups in total. The van der Waals surface area contributed by atoms with Gasteiger partial charge in [-0.1, -0.05) is 12.1 Å². The van der Waals surface area contributed by atoms with Crippen molar-refractivity contribution in [2.45, 2.75) is 12.2 Å². The molecule has 15 heavy (non-hydrogen) atoms. The first-order chi connectivity index (χ1) is 7.27. The quantitative estimate of drug-likeness (QED) is 0.821. The maximum atomic E-state index is 13.1. The summed E-state index contributed by atoms with van der Waals surface area (Å²) in [6.45, 7) is 1.49. The summed E-state index contributed by atoms with van der Waals surface area (Å²) < 4.78 is 24.2. The fraction of sp³-hybridized carbons (Fsp3) is 0.455. The van der Waals surface area contributed by atoms with E-state index in [2.05, 4.69) is 0 Å². The summed E-state index contributed by atoms with van der Waals surface area (Å²) in [6, 6.07) is 6.27. The number of benzene rings is 1. The first kappa shape index (κ1) is 10.5. The molecule has 0 spiro atoms. The minimum atomic E-state index is -0.836. The van der Waals surface area contributed by atoms with Gasteiger partial charge in [-0.3, -0.25) is 0 Å². The molecule has 0 atom stereocenters. The summed E-state index contributed by atoms with van der Waals surface area (Å²) in [7, 11) is 0. The Morgan fingerprint density at radius 2 is 2.07 bits per heavy atom. The van der Waals surface area contributed by atoms with Gasteiger partial charge in [-0.15, -0.1) is 0 Å². The number of halogens is 1. The molecule has 1 saturated heterocycles. The van der Waals surface area contributed by atoms with Crippen molar-refractivity contribution in [2.75, 3.05) is 19.8 Å². The molecule has 1 aliphatic heterocycles. The van der Waals surface area contributed by atoms with Gasteiger partial charge in [0.1, 0.15) is 5.82 Å². The lowest BCUT2D eigenvalue weighted by atomic mass is 10.0. The summed E-state index contributed by atoms with van der Waals surface area (Å²) in [4.78, 5) is 0. The summed E-state index contributed by atoms with van der Waals surface area (Å²) in [5, 5.41) is 0. The van der Waals surface area contributed by atoms with Crippen LogP contribution in [0.1, 0.15) is 12.0 Å². The highest BCUT2D eigenvalue weighted by Gasteiger charge is 2.37. The lowest BCUT2D eigenvalue weighted by Crippen LogP contribution is -2.30. The predicted molar refractivity (Wildman–Crippen MR) is 53.7 cm³/mol. The van der Waals surface area contributed by atoms with Gasteiger partial charge in [0.05, 0.1) is 13.2 Å². The Bertz CT molecular complexity index is 337. The molecule has 0 saturated carbocycles. The van der Waals surface area contributed by atoms with E-state index in [9.17, 15) is 4.39 Å². The number of ether oxygens (including phenoxy) is 2. The van der Waals surface area contributed by atoms with Crippen molar-refractivity contribution in [1.82, 2.24) is 0 Å². The monoisotopic (exact) mass is 211 g/mol. The molecular formula is C11H14FNO2. The normalized spacial score (nSPS) is 19.3. The molecule has 0 radical (unpaired) electrons. The third kappa shape index (κ3) is 2.02. The maximum Gasteiger partial charge on any atom is 0.196 e. The summed E-state index contributed by atoms with van der Waals surface area (Å²) in [5.74, 6) is -1.13. The Balaban J connectivity index is 2.31. The van der Waals surface area contributed by atoms with E-state index in [1.165, 1.54) is 12.1 Å². The maximum absolute atomic E-state index is 13.1. The molecule has 0 aliphatic carbocycles. The molecule has 0 amide bonds. The molecule has 1 aromatic carbocycles. The highest BCUT2D eigenvalue weighted by Crippen LogP contribution is 2.34. The van der Waals surface area contributed by atoms with Crippen molar-refractivity contribution >= 4 is 0 Å². The first-order valence-electron chi connectivity index (χ1n) is 5.01. The zero-order chi connectivity index (χ0) is 10.7. The standard InChI is InChI=1S/C11H14FNO2/c12-10-3-1-2-9(8-10)11(4-5-13)14-6-7-15-11/h1-3,8H,4-7,13H2. The fourth-order valence-electron chi connectivity index (χ4n) is 1.83. The largest absolute Gasteiger partial charge is 0.343 e. The highest BCUT2D eigenvalue weighted by molar-refractivity contribution is 5.22. The molecule has 1 aliphatic rings. The van der Waals surface area contributed by atoms with E-state index in [0.717, 1.165) is 0 Å². The van der Waals surface area contributed by atoms with E-state index in [-0.39, 0.29) is 5.82 Å². The van der Waals surface area contributed by atoms with Gasteiger partial charge in [-0.25, -0.2) is 4.39 Å². The molecule has 82 valence electrons. The molecule has 4 heteroatoms. The summed E-state index contributed by atoms with van der Waals surface area (Å²) in [6.07, 6.45) is 0.538. The minimum absolute atomic E-state index is 0.289. The third-order valence-corrected chi connectivity index (χ3v) is 2.49. The Hall–Kier alpha value is -0.970. The molecule has 1 aromatic rings. The minimum Gasteiger partial charge on any atom is -0.343 e. The van der Waals surface area contributed by atoms with Crippen LogP contribution in [0.25, 0.3) is 0 Å². The van der Waals surface area contributed by atoms with Gasteiger partial charge in [0.25, 0.3) is 0 Å². The van der Waals surface area contributed by atoms with Crippen LogP contribution in [0.2, 0.25) is 0 Å². The van der Waals surface area contributed by atoms with Gasteiger partial charge in [-0.05, 0) is 18.7 Å². The Labute approximate surface area is 88.0 Å². The van der Waals surface area contributed by atoms with Crippen LogP contribution in [0.15, 0.2) is 24.3 Å². The number of rotatable bonds is 3. The zero-order valence-electron chi connectivity index (χ0n) is 8.41. The van der Waals surface area contributed by atoms with E-state index in [0.29, 0.717) is 31.7 Å². The van der Waals surface area contributed by atoms with Crippen molar-refractivity contribution in [3.05, 3.63) is 35.6 Å². The second-order valence-corrected chi connectivity index (χ2v) is 3.50. The Morgan fingerprint density at radius 3 is 2.67 bits per heavy atom. The number of hydrogen-bond acceptors (Lipinski definition) is 3. The Morgan fingerprint density at radius 1 is 1.33 bits per heavy atom. The van der Waals surface area contributed by atoms with Crippen LogP contribution in [0.5, 0.6) is 0 Å². The van der Waals surface area contributed by atoms with Crippen LogP contribution < -0.4 is 5.73 Å². The van der Waals surface area contributed by atoms with Crippen molar-refractivity contribution in [3.8, 4) is 0 Å². The zero-order valence-corrected chi connectivity index (χ0v) is 8.41. The van der Waals surface area contributed by atoms with Crippen LogP contribution in [-0.2, 0) is 15.3 Å². The van der Waals surface area contributed by atoms with Crippen molar-refractivity contribution < 1.29 is 13.9 Å². The predicted octanol–water partition coefficient (Wildman–Crippen LogP) is 1.37. The van der Waals surface area contributed by atoms with E-state index < -0.39 is 5.79 Å². The molecule has 1 fully saturated rings. The van der Waals surface area contributed by atoms with Crippen LogP contribution in [0.3, 0.4) is 0 Å². The van der Waals surface area contributed by atoms with Gasteiger partial charge in [0.15, 0.2) is 5.79 Å². The van der Waals surface area contributed by atoms with Crippen molar-refractivity contribution in [1.29, 1.82) is 0 Å². The topological polar surface area (TPSA) is 44.5 Å². The average Bonchev–Trinajstić information content (AvgIpc) is 2.68. The summed E-state index contributed by atoms with van der Waals surface area (Å²) in [5.41, 5.74) is 6.21. The van der Waals surface area contributed by atoms with E-state index in [4.69, 9.17) is 15.2 Å². The van der Waals surface area contributed by atoms with Crippen LogP contribution in [0.4, 0.5) is 4.39 Å². The van der Waals surface area contributed by atoms with Crippen LogP contribution in [-0.4, -0.2) is 19.8 Å². The molecule has 0 aromatic heterocycles. The SMILES string of the molecule is NCCC1(c2cccc(F)c2)OCCO1. The molecular weight excluding hydrogens is 197 g/mol. The van der Waals surface area contributed by atoms with Gasteiger partial charge in [-0.2, -0.15) is 0 Å². The molecule has 0 unspecified atom stereocenters. The molecule has 1 heterocycles. The molecule has 3 nitrogen and oxygen atoms in total. The first-order valence-corrected chi connectivity index (χ1v) is 5.01. The van der Waals surface area contributed by atoms with Crippen LogP contribution >= 0.6 is 0 Å². The number of hydrogen-bond donors (Lipinski definition) is 1. The van der Waals surface area contributed by atoms with E-state index in [1.54, 1.807) is 12.1 Å². The van der Waals surface area contributed by atoms with Crippen molar-refractivity contribution in [3.63, 3.8) is 0 Å². The number of nitrogens with two attached hydrogens (primary N) is 1. The molecule has 0 bridgehead atoms. The van der Waals surface area contributed by atoms with Gasteiger partial charge in [0, 0.05) is 12.0 Å². The second-order valence-electron chi connectivity index (χ2n) is 3.50. The van der Waals surface area contributed by atoms with E-state index >= 15 is 0 Å². The second kappa shape index (κ2) is 4.26. The van der Waals surface area contributed by atoms with Crippen LogP contribution in [0, 0.1) is 5.82 Å². The highest BCUT2D eigenvalue weighted by atomic mass is 19.1. The third-order valence-electron chi connectivity index (χ3n) is 2.49. The Kier molecular flexibility index (Phi) is 3.00. The fourth-order valence-corrected chi connectivity index (χ4v) is 1.83. The van der Waals surface area contributed by atoms with Gasteiger partial charge < -0.3 is 15.2 Å². The van der Waals surface area contributed by atoms with Gasteiger partial charge in [0.2, 0.25) is 0 Å². The average molecular weight is 211 g/mol. The summed E-state index contributed by atoms with van der Waals surface area (Å²) >= 11 is 0. The smallest absolute Gasteiger partial charge is 0.196 e. The van der Waals surface area contributed by atoms with Gasteiger partial charge >= 0.3 is 0 Å².